The van der Waals surface area contributed by atoms with E-state index in [9.17, 15) is 4.79 Å². The zero-order valence-corrected chi connectivity index (χ0v) is 15.6. The molecule has 1 aromatic carbocycles. The summed E-state index contributed by atoms with van der Waals surface area (Å²) >= 11 is 0.0958. The van der Waals surface area contributed by atoms with Crippen LogP contribution in [0.3, 0.4) is 0 Å². The van der Waals surface area contributed by atoms with Gasteiger partial charge in [-0.3, -0.25) is 0 Å². The van der Waals surface area contributed by atoms with Crippen molar-refractivity contribution in [1.82, 2.24) is 20.3 Å². The van der Waals surface area contributed by atoms with Gasteiger partial charge < -0.3 is 0 Å². The van der Waals surface area contributed by atoms with Gasteiger partial charge in [0.15, 0.2) is 0 Å². The quantitative estimate of drug-likeness (QED) is 0.493. The molecule has 4 aromatic rings. The number of amides is 1. The van der Waals surface area contributed by atoms with Crippen LogP contribution >= 0.6 is 0 Å². The van der Waals surface area contributed by atoms with Gasteiger partial charge in [0.05, 0.1) is 0 Å². The molecule has 0 aliphatic rings. The number of hydrogen-bond donors (Lipinski definition) is 2. The average Bonchev–Trinajstić information content (AvgIpc) is 3.10. The fourth-order valence-corrected chi connectivity index (χ4v) is 4.67. The van der Waals surface area contributed by atoms with E-state index >= 15 is 0 Å². The Morgan fingerprint density at radius 2 is 1.96 bits per heavy atom. The monoisotopic (exact) mass is 408 g/mol. The first-order chi connectivity index (χ1) is 12.8. The van der Waals surface area contributed by atoms with Crippen LogP contribution in [0.2, 0.25) is 0 Å². The summed E-state index contributed by atoms with van der Waals surface area (Å²) in [5.74, 6) is -0.0890. The number of rotatable bonds is 5. The van der Waals surface area contributed by atoms with E-state index in [1.165, 1.54) is 4.46 Å². The second-order valence-corrected chi connectivity index (χ2v) is 8.03. The van der Waals surface area contributed by atoms with Crippen molar-refractivity contribution >= 4 is 40.8 Å². The third kappa shape index (κ3) is 3.66. The van der Waals surface area contributed by atoms with Crippen LogP contribution in [0, 0.1) is 0 Å². The molecule has 3 heterocycles. The Bertz CT molecular complexity index is 1050. The van der Waals surface area contributed by atoms with Gasteiger partial charge in [0.25, 0.3) is 0 Å². The number of pyridine rings is 2. The van der Waals surface area contributed by atoms with Gasteiger partial charge in [0.2, 0.25) is 0 Å². The predicted octanol–water partition coefficient (Wildman–Crippen LogP) is 1.54. The van der Waals surface area contributed by atoms with E-state index in [-0.39, 0.29) is 20.9 Å². The Kier molecular flexibility index (Phi) is 4.77. The molecule has 2 N–H and O–H groups in total. The van der Waals surface area contributed by atoms with Crippen molar-refractivity contribution in [2.45, 2.75) is 6.54 Å². The number of carbonyl (C=O) groups is 1. The van der Waals surface area contributed by atoms with Gasteiger partial charge in [-0.05, 0) is 0 Å². The van der Waals surface area contributed by atoms with E-state index < -0.39 is 0 Å². The SMILES string of the molecule is O=C(NCc1ccccn1)c1cccc([Se]c2c[nH]c3ncccc23)c1. The first-order valence-electron chi connectivity index (χ1n) is 8.18. The molecule has 6 heteroatoms. The molecule has 0 spiro atoms. The zero-order chi connectivity index (χ0) is 17.8. The molecule has 3 aromatic heterocycles. The molecule has 5 nitrogen and oxygen atoms in total. The van der Waals surface area contributed by atoms with Crippen LogP contribution in [-0.2, 0) is 6.54 Å². The van der Waals surface area contributed by atoms with E-state index in [0.29, 0.717) is 12.1 Å². The molecule has 0 bridgehead atoms. The third-order valence-electron chi connectivity index (χ3n) is 3.89. The fourth-order valence-electron chi connectivity index (χ4n) is 2.62. The Labute approximate surface area is 157 Å². The minimum atomic E-state index is -0.0890. The van der Waals surface area contributed by atoms with Gasteiger partial charge in [-0.2, -0.15) is 0 Å². The standard InChI is InChI=1S/C20H16N4OSe/c25-20(24-12-15-6-1-2-9-21-15)14-5-3-7-16(11-14)26-18-13-23-19-17(18)8-4-10-22-19/h1-11,13H,12H2,(H,22,23)(H,24,25). The van der Waals surface area contributed by atoms with Crippen molar-refractivity contribution < 1.29 is 4.79 Å². The van der Waals surface area contributed by atoms with E-state index in [2.05, 4.69) is 32.4 Å². The summed E-state index contributed by atoms with van der Waals surface area (Å²) in [6.07, 6.45) is 5.51. The number of benzene rings is 1. The number of nitrogens with zero attached hydrogens (tertiary/aromatic N) is 2. The molecule has 0 radical (unpaired) electrons. The number of hydrogen-bond acceptors (Lipinski definition) is 3. The van der Waals surface area contributed by atoms with Crippen molar-refractivity contribution in [1.29, 1.82) is 0 Å². The van der Waals surface area contributed by atoms with E-state index in [0.717, 1.165) is 21.2 Å². The number of carbonyl (C=O) groups excluding carboxylic acids is 1. The molecule has 128 valence electrons. The number of fused-ring (bicyclic) bond motifs is 1. The molecule has 0 fully saturated rings. The molecule has 0 atom stereocenters. The molecule has 1 amide bonds. The topological polar surface area (TPSA) is 70.7 Å². The van der Waals surface area contributed by atoms with Crippen LogP contribution in [0.5, 0.6) is 0 Å². The molecule has 0 saturated carbocycles. The van der Waals surface area contributed by atoms with Crippen LogP contribution in [0.15, 0.2) is 73.2 Å². The summed E-state index contributed by atoms with van der Waals surface area (Å²) in [4.78, 5) is 24.2. The maximum absolute atomic E-state index is 12.4. The van der Waals surface area contributed by atoms with Crippen LogP contribution in [0.25, 0.3) is 11.0 Å². The second kappa shape index (κ2) is 7.52. The Balaban J connectivity index is 1.48. The second-order valence-electron chi connectivity index (χ2n) is 5.69. The first-order valence-corrected chi connectivity index (χ1v) is 9.89. The molecule has 0 aliphatic carbocycles. The number of nitrogens with one attached hydrogen (secondary N) is 2. The summed E-state index contributed by atoms with van der Waals surface area (Å²) in [5, 5.41) is 4.06. The molecular formula is C20H16N4OSe. The summed E-state index contributed by atoms with van der Waals surface area (Å²) in [6, 6.07) is 17.5. The Hall–Kier alpha value is -2.95. The summed E-state index contributed by atoms with van der Waals surface area (Å²) in [5.41, 5.74) is 2.40. The fraction of sp³-hybridized carbons (Fsp3) is 0.0500. The van der Waals surface area contributed by atoms with Gasteiger partial charge in [-0.15, -0.1) is 0 Å². The molecule has 0 aliphatic heterocycles. The van der Waals surface area contributed by atoms with Crippen LogP contribution < -0.4 is 14.2 Å². The number of aromatic nitrogens is 3. The van der Waals surface area contributed by atoms with Gasteiger partial charge >= 0.3 is 157 Å². The van der Waals surface area contributed by atoms with E-state index in [1.807, 2.05) is 48.7 Å². The third-order valence-corrected chi connectivity index (χ3v) is 6.09. The van der Waals surface area contributed by atoms with Crippen LogP contribution in [0.4, 0.5) is 0 Å². The van der Waals surface area contributed by atoms with Crippen molar-refractivity contribution in [3.05, 3.63) is 84.4 Å². The summed E-state index contributed by atoms with van der Waals surface area (Å²) in [6.45, 7) is 0.420. The van der Waals surface area contributed by atoms with Crippen molar-refractivity contribution in [2.75, 3.05) is 0 Å². The van der Waals surface area contributed by atoms with Crippen molar-refractivity contribution in [2.24, 2.45) is 0 Å². The maximum atomic E-state index is 12.4. The molecular weight excluding hydrogens is 391 g/mol. The molecule has 26 heavy (non-hydrogen) atoms. The van der Waals surface area contributed by atoms with Crippen LogP contribution in [-0.4, -0.2) is 35.8 Å². The molecule has 0 saturated heterocycles. The first kappa shape index (κ1) is 16.5. The van der Waals surface area contributed by atoms with E-state index in [4.69, 9.17) is 0 Å². The van der Waals surface area contributed by atoms with E-state index in [1.54, 1.807) is 12.4 Å². The number of aromatic amines is 1. The molecule has 4 rings (SSSR count). The average molecular weight is 407 g/mol. The minimum absolute atomic E-state index is 0.0890. The number of H-pyrrole nitrogens is 1. The van der Waals surface area contributed by atoms with Crippen LogP contribution in [0.1, 0.15) is 16.1 Å². The Morgan fingerprint density at radius 3 is 2.85 bits per heavy atom. The zero-order valence-electron chi connectivity index (χ0n) is 13.8. The summed E-state index contributed by atoms with van der Waals surface area (Å²) < 4.78 is 2.37. The van der Waals surface area contributed by atoms with Gasteiger partial charge in [-0.1, -0.05) is 0 Å². The van der Waals surface area contributed by atoms with Crippen molar-refractivity contribution in [3.8, 4) is 0 Å². The van der Waals surface area contributed by atoms with Gasteiger partial charge in [0.1, 0.15) is 0 Å². The summed E-state index contributed by atoms with van der Waals surface area (Å²) in [7, 11) is 0. The molecule has 0 unspecified atom stereocenters. The van der Waals surface area contributed by atoms with Gasteiger partial charge in [0, 0.05) is 0 Å². The predicted molar refractivity (Wildman–Crippen MR) is 103 cm³/mol. The Morgan fingerprint density at radius 1 is 1.04 bits per heavy atom. The van der Waals surface area contributed by atoms with Crippen molar-refractivity contribution in [3.63, 3.8) is 0 Å². The normalized spacial score (nSPS) is 10.8. The van der Waals surface area contributed by atoms with Gasteiger partial charge in [-0.25, -0.2) is 0 Å².